The Balaban J connectivity index is 2.01. The van der Waals surface area contributed by atoms with E-state index in [2.05, 4.69) is 4.74 Å². The van der Waals surface area contributed by atoms with Gasteiger partial charge in [-0.05, 0) is 53.4 Å². The van der Waals surface area contributed by atoms with E-state index in [9.17, 15) is 39.5 Å². The van der Waals surface area contributed by atoms with Gasteiger partial charge in [0.25, 0.3) is 6.08 Å². The van der Waals surface area contributed by atoms with Crippen LogP contribution in [0.15, 0.2) is 54.6 Å². The van der Waals surface area contributed by atoms with Crippen LogP contribution in [-0.2, 0) is 6.42 Å². The first kappa shape index (κ1) is 25.2. The summed E-state index contributed by atoms with van der Waals surface area (Å²) >= 11 is 0. The maximum atomic E-state index is 14.7. The zero-order valence-corrected chi connectivity index (χ0v) is 17.3. The number of alkyl halides is 2. The number of aryl methyl sites for hydroxylation is 1. The minimum atomic E-state index is -4.75. The fourth-order valence-corrected chi connectivity index (χ4v) is 3.34. The first-order valence-electron chi connectivity index (χ1n) is 9.79. The van der Waals surface area contributed by atoms with Crippen molar-refractivity contribution in [2.24, 2.45) is 0 Å². The molecule has 0 heterocycles. The van der Waals surface area contributed by atoms with E-state index in [1.165, 1.54) is 12.1 Å². The summed E-state index contributed by atoms with van der Waals surface area (Å²) < 4.78 is 127. The first-order chi connectivity index (χ1) is 15.9. The zero-order chi connectivity index (χ0) is 25.2. The van der Waals surface area contributed by atoms with Crippen molar-refractivity contribution in [3.8, 4) is 28.0 Å². The summed E-state index contributed by atoms with van der Waals surface area (Å²) in [5.74, 6) is -8.71. The summed E-state index contributed by atoms with van der Waals surface area (Å²) in [6.45, 7) is 1.89. The van der Waals surface area contributed by atoms with Gasteiger partial charge in [-0.2, -0.15) is 17.6 Å². The lowest BCUT2D eigenvalue weighted by Crippen LogP contribution is -2.23. The molecule has 0 aliphatic heterocycles. The van der Waals surface area contributed by atoms with Crippen molar-refractivity contribution in [1.29, 1.82) is 0 Å². The summed E-state index contributed by atoms with van der Waals surface area (Å²) in [5.41, 5.74) is -1.25. The molecule has 10 heteroatoms. The van der Waals surface area contributed by atoms with Gasteiger partial charge in [0.2, 0.25) is 0 Å². The second-order valence-electron chi connectivity index (χ2n) is 7.25. The van der Waals surface area contributed by atoms with Gasteiger partial charge in [-0.3, -0.25) is 0 Å². The summed E-state index contributed by atoms with van der Waals surface area (Å²) in [5, 5.41) is 0. The Morgan fingerprint density at radius 2 is 1.35 bits per heavy atom. The van der Waals surface area contributed by atoms with Crippen LogP contribution in [0.1, 0.15) is 18.9 Å². The highest BCUT2D eigenvalue weighted by atomic mass is 19.3. The largest absolute Gasteiger partial charge is 0.425 e. The average molecular weight is 490 g/mol. The molecule has 0 radical (unpaired) electrons. The predicted molar refractivity (Wildman–Crippen MR) is 107 cm³/mol. The molecule has 0 aromatic heterocycles. The van der Waals surface area contributed by atoms with E-state index in [1.54, 1.807) is 6.07 Å². The number of hydrogen-bond acceptors (Lipinski definition) is 1. The maximum absolute atomic E-state index is 14.7. The summed E-state index contributed by atoms with van der Waals surface area (Å²) in [4.78, 5) is 0. The number of halogens is 9. The van der Waals surface area contributed by atoms with Crippen molar-refractivity contribution in [1.82, 2.24) is 0 Å². The molecule has 0 fully saturated rings. The Kier molecular flexibility index (Phi) is 7.28. The number of benzene rings is 3. The molecule has 1 nitrogen and oxygen atoms in total. The highest BCUT2D eigenvalue weighted by Gasteiger charge is 2.33. The van der Waals surface area contributed by atoms with Crippen LogP contribution in [0.3, 0.4) is 0 Å². The smallest absolute Gasteiger partial charge is 0.423 e. The average Bonchev–Trinajstić information content (AvgIpc) is 2.69. The molecule has 0 amide bonds. The molecule has 0 aliphatic carbocycles. The van der Waals surface area contributed by atoms with E-state index < -0.39 is 64.2 Å². The fourth-order valence-electron chi connectivity index (χ4n) is 3.34. The molecule has 3 rings (SSSR count). The third-order valence-corrected chi connectivity index (χ3v) is 4.73. The van der Waals surface area contributed by atoms with Crippen LogP contribution in [0, 0.1) is 29.1 Å². The van der Waals surface area contributed by atoms with Crippen molar-refractivity contribution in [3.63, 3.8) is 0 Å². The van der Waals surface area contributed by atoms with Crippen LogP contribution in [0.4, 0.5) is 39.5 Å². The maximum Gasteiger partial charge on any atom is 0.425 e. The molecule has 0 unspecified atom stereocenters. The van der Waals surface area contributed by atoms with Gasteiger partial charge >= 0.3 is 6.11 Å². The lowest BCUT2D eigenvalue weighted by atomic mass is 9.97. The second kappa shape index (κ2) is 9.82. The number of hydrogen-bond donors (Lipinski definition) is 0. The predicted octanol–water partition coefficient (Wildman–Crippen LogP) is 8.42. The van der Waals surface area contributed by atoms with E-state index >= 15 is 0 Å². The highest BCUT2D eigenvalue weighted by molar-refractivity contribution is 5.72. The van der Waals surface area contributed by atoms with Gasteiger partial charge < -0.3 is 4.74 Å². The third-order valence-electron chi connectivity index (χ3n) is 4.73. The van der Waals surface area contributed by atoms with Gasteiger partial charge in [0.1, 0.15) is 17.5 Å². The minimum absolute atomic E-state index is 0.110. The first-order valence-corrected chi connectivity index (χ1v) is 9.79. The van der Waals surface area contributed by atoms with E-state index in [0.717, 1.165) is 18.6 Å². The van der Waals surface area contributed by atoms with Crippen LogP contribution < -0.4 is 4.74 Å². The van der Waals surface area contributed by atoms with Gasteiger partial charge in [0.05, 0.1) is 11.6 Å². The fraction of sp³-hybridized carbons (Fsp3) is 0.167. The van der Waals surface area contributed by atoms with Gasteiger partial charge in [-0.15, -0.1) is 0 Å². The molecule has 0 saturated carbocycles. The molecule has 0 aliphatic rings. The molecule has 34 heavy (non-hydrogen) atoms. The summed E-state index contributed by atoms with van der Waals surface area (Å²) in [7, 11) is 0. The van der Waals surface area contributed by atoms with Crippen LogP contribution in [-0.4, -0.2) is 6.11 Å². The Morgan fingerprint density at radius 1 is 0.794 bits per heavy atom. The van der Waals surface area contributed by atoms with Gasteiger partial charge in [0.15, 0.2) is 17.4 Å². The van der Waals surface area contributed by atoms with Crippen LogP contribution in [0.2, 0.25) is 0 Å². The second-order valence-corrected chi connectivity index (χ2v) is 7.25. The van der Waals surface area contributed by atoms with Crippen molar-refractivity contribution < 1.29 is 44.3 Å². The van der Waals surface area contributed by atoms with Gasteiger partial charge in [0, 0.05) is 5.56 Å². The quantitative estimate of drug-likeness (QED) is 0.302. The van der Waals surface area contributed by atoms with Gasteiger partial charge in [-0.1, -0.05) is 25.5 Å². The van der Waals surface area contributed by atoms with Crippen LogP contribution in [0.5, 0.6) is 5.75 Å². The van der Waals surface area contributed by atoms with E-state index in [-0.39, 0.29) is 11.1 Å². The van der Waals surface area contributed by atoms with E-state index in [1.807, 2.05) is 6.92 Å². The lowest BCUT2D eigenvalue weighted by Gasteiger charge is -2.16. The van der Waals surface area contributed by atoms with Crippen molar-refractivity contribution in [2.75, 3.05) is 0 Å². The molecule has 0 bridgehead atoms. The molecule has 0 N–H and O–H groups in total. The topological polar surface area (TPSA) is 9.23 Å². The molecule has 0 saturated heterocycles. The Hall–Kier alpha value is -3.43. The summed E-state index contributed by atoms with van der Waals surface area (Å²) in [6, 6.07) is 6.25. The number of ether oxygens (including phenoxy) is 1. The van der Waals surface area contributed by atoms with Crippen molar-refractivity contribution in [2.45, 2.75) is 25.9 Å². The normalized spacial score (nSPS) is 11.5. The van der Waals surface area contributed by atoms with E-state index in [0.29, 0.717) is 24.1 Å². The summed E-state index contributed by atoms with van der Waals surface area (Å²) in [6.07, 6.45) is -7.22. The molecule has 3 aromatic rings. The van der Waals surface area contributed by atoms with Crippen molar-refractivity contribution >= 4 is 0 Å². The molecular weight excluding hydrogens is 475 g/mol. The molecule has 0 spiro atoms. The molecule has 0 atom stereocenters. The number of rotatable bonds is 7. The molecular formula is C24H15F9O. The Morgan fingerprint density at radius 3 is 1.85 bits per heavy atom. The molecule has 180 valence electrons. The van der Waals surface area contributed by atoms with Crippen LogP contribution in [0.25, 0.3) is 22.3 Å². The standard InChI is InChI=1S/C24H15F9O/c1-2-3-12-4-5-15(16(25)6-12)13-7-17(26)22(18(27)8-13)14-9-19(28)23(20(29)10-14)34-24(32,33)11-21(30)31/h4-11H,2-3H2,1H3. The van der Waals surface area contributed by atoms with Crippen molar-refractivity contribution in [3.05, 3.63) is 89.3 Å². The Labute approximate surface area is 188 Å². The zero-order valence-electron chi connectivity index (χ0n) is 17.3. The Bertz CT molecular complexity index is 1200. The monoisotopic (exact) mass is 490 g/mol. The third kappa shape index (κ3) is 5.55. The van der Waals surface area contributed by atoms with E-state index in [4.69, 9.17) is 0 Å². The lowest BCUT2D eigenvalue weighted by molar-refractivity contribution is -0.137. The molecule has 3 aromatic carbocycles. The minimum Gasteiger partial charge on any atom is -0.423 e. The van der Waals surface area contributed by atoms with Crippen LogP contribution >= 0.6 is 0 Å². The van der Waals surface area contributed by atoms with Gasteiger partial charge in [-0.25, -0.2) is 22.0 Å². The highest BCUT2D eigenvalue weighted by Crippen LogP contribution is 2.37. The SMILES string of the molecule is CCCc1ccc(-c2cc(F)c(-c3cc(F)c(OC(F)(F)C=C(F)F)c(F)c3)c(F)c2)c(F)c1.